The van der Waals surface area contributed by atoms with Gasteiger partial charge in [-0.15, -0.1) is 0 Å². The fraction of sp³-hybridized carbons (Fsp3) is 0.200. The van der Waals surface area contributed by atoms with Crippen molar-refractivity contribution in [2.75, 3.05) is 14.2 Å². The van der Waals surface area contributed by atoms with Crippen molar-refractivity contribution in [2.24, 2.45) is 0 Å². The van der Waals surface area contributed by atoms with E-state index in [2.05, 4.69) is 5.32 Å². The molecule has 1 aliphatic rings. The van der Waals surface area contributed by atoms with Crippen LogP contribution in [0.4, 0.5) is 5.69 Å². The number of nitro groups is 1. The van der Waals surface area contributed by atoms with Crippen molar-refractivity contribution < 1.29 is 24.0 Å². The van der Waals surface area contributed by atoms with Crippen molar-refractivity contribution in [3.8, 4) is 16.9 Å². The summed E-state index contributed by atoms with van der Waals surface area (Å²) >= 11 is 0. The minimum Gasteiger partial charge on any atom is -0.490 e. The van der Waals surface area contributed by atoms with Gasteiger partial charge in [-0.05, 0) is 33.9 Å². The highest BCUT2D eigenvalue weighted by molar-refractivity contribution is 5.97. The van der Waals surface area contributed by atoms with Crippen LogP contribution in [0.2, 0.25) is 0 Å². The molecule has 168 valence electrons. The largest absolute Gasteiger partial charge is 0.490 e. The number of hydrogen-bond donors (Lipinski definition) is 1. The van der Waals surface area contributed by atoms with Gasteiger partial charge in [-0.2, -0.15) is 0 Å². The van der Waals surface area contributed by atoms with Crippen LogP contribution in [-0.4, -0.2) is 37.1 Å². The van der Waals surface area contributed by atoms with Gasteiger partial charge in [0.05, 0.1) is 25.1 Å². The Balaban J connectivity index is 1.63. The van der Waals surface area contributed by atoms with Crippen LogP contribution in [0.15, 0.2) is 66.7 Å². The maximum Gasteiger partial charge on any atom is 0.328 e. The molecule has 1 N–H and O–H groups in total. The Bertz CT molecular complexity index is 1190. The highest BCUT2D eigenvalue weighted by atomic mass is 16.6. The first-order valence-electron chi connectivity index (χ1n) is 10.3. The van der Waals surface area contributed by atoms with Crippen molar-refractivity contribution in [1.29, 1.82) is 0 Å². The predicted octanol–water partition coefficient (Wildman–Crippen LogP) is 3.62. The Morgan fingerprint density at radius 2 is 1.61 bits per heavy atom. The fourth-order valence-corrected chi connectivity index (χ4v) is 4.27. The van der Waals surface area contributed by atoms with Crippen LogP contribution in [0.25, 0.3) is 11.1 Å². The average molecular weight is 446 g/mol. The first-order chi connectivity index (χ1) is 15.9. The van der Waals surface area contributed by atoms with Gasteiger partial charge in [-0.3, -0.25) is 14.9 Å². The molecule has 0 saturated carbocycles. The second-order valence-electron chi connectivity index (χ2n) is 7.66. The maximum atomic E-state index is 13.4. The summed E-state index contributed by atoms with van der Waals surface area (Å²) in [6.45, 7) is 0. The highest BCUT2D eigenvalue weighted by Crippen LogP contribution is 2.44. The summed E-state index contributed by atoms with van der Waals surface area (Å²) in [6.07, 6.45) is 0.0270. The highest BCUT2D eigenvalue weighted by Gasteiger charge is 2.35. The van der Waals surface area contributed by atoms with E-state index in [9.17, 15) is 19.7 Å². The van der Waals surface area contributed by atoms with Crippen molar-refractivity contribution in [3.05, 3.63) is 93.5 Å². The standard InChI is InChI=1S/C25H22N2O6/c1-32-22-12-11-15(14-21(22)27(30)31)13-20(25(29)33-2)26-24(28)23-18-9-5-3-7-16(18)17-8-4-6-10-19(17)23/h3-12,14,20,23H,13H2,1-2H3,(H,26,28)/t20-/m0/s1. The van der Waals surface area contributed by atoms with Gasteiger partial charge in [-0.25, -0.2) is 4.79 Å². The Hall–Kier alpha value is -4.20. The van der Waals surface area contributed by atoms with Crippen LogP contribution < -0.4 is 10.1 Å². The smallest absolute Gasteiger partial charge is 0.328 e. The number of methoxy groups -OCH3 is 2. The van der Waals surface area contributed by atoms with E-state index in [-0.39, 0.29) is 23.8 Å². The lowest BCUT2D eigenvalue weighted by molar-refractivity contribution is -0.385. The van der Waals surface area contributed by atoms with Crippen molar-refractivity contribution in [3.63, 3.8) is 0 Å². The lowest BCUT2D eigenvalue weighted by Crippen LogP contribution is -2.45. The number of carbonyl (C=O) groups is 2. The molecule has 8 nitrogen and oxygen atoms in total. The number of amides is 1. The first kappa shape index (κ1) is 22.0. The minimum atomic E-state index is -1.02. The van der Waals surface area contributed by atoms with Gasteiger partial charge in [0.25, 0.3) is 0 Å². The Kier molecular flexibility index (Phi) is 6.08. The number of carbonyl (C=O) groups excluding carboxylic acids is 2. The van der Waals surface area contributed by atoms with Crippen molar-refractivity contribution in [2.45, 2.75) is 18.4 Å². The third-order valence-electron chi connectivity index (χ3n) is 5.78. The van der Waals surface area contributed by atoms with Crippen LogP contribution in [0.3, 0.4) is 0 Å². The molecule has 0 heterocycles. The number of fused-ring (bicyclic) bond motifs is 3. The van der Waals surface area contributed by atoms with Crippen LogP contribution in [-0.2, 0) is 20.7 Å². The van der Waals surface area contributed by atoms with E-state index in [0.29, 0.717) is 5.56 Å². The molecule has 0 saturated heterocycles. The van der Waals surface area contributed by atoms with Crippen LogP contribution in [0, 0.1) is 10.1 Å². The third-order valence-corrected chi connectivity index (χ3v) is 5.78. The summed E-state index contributed by atoms with van der Waals surface area (Å²) in [5.41, 5.74) is 3.95. The zero-order valence-electron chi connectivity index (χ0n) is 18.1. The number of hydrogen-bond acceptors (Lipinski definition) is 6. The molecule has 0 aliphatic heterocycles. The Labute approximate surface area is 190 Å². The topological polar surface area (TPSA) is 108 Å². The summed E-state index contributed by atoms with van der Waals surface area (Å²) in [5.74, 6) is -1.44. The summed E-state index contributed by atoms with van der Waals surface area (Å²) < 4.78 is 9.93. The lowest BCUT2D eigenvalue weighted by atomic mass is 9.95. The molecule has 1 atom stereocenters. The van der Waals surface area contributed by atoms with Crippen molar-refractivity contribution >= 4 is 17.6 Å². The molecular weight excluding hydrogens is 424 g/mol. The number of benzene rings is 3. The minimum absolute atomic E-state index is 0.0270. The number of esters is 1. The van der Waals surface area contributed by atoms with E-state index in [1.165, 1.54) is 26.4 Å². The molecule has 0 aromatic heterocycles. The van der Waals surface area contributed by atoms with Gasteiger partial charge < -0.3 is 14.8 Å². The van der Waals surface area contributed by atoms with E-state index in [4.69, 9.17) is 9.47 Å². The molecule has 0 fully saturated rings. The molecule has 0 unspecified atom stereocenters. The average Bonchev–Trinajstić information content (AvgIpc) is 3.17. The zero-order valence-corrected chi connectivity index (χ0v) is 18.1. The van der Waals surface area contributed by atoms with E-state index in [1.54, 1.807) is 6.07 Å². The van der Waals surface area contributed by atoms with E-state index in [0.717, 1.165) is 22.3 Å². The molecule has 1 amide bonds. The molecule has 4 rings (SSSR count). The van der Waals surface area contributed by atoms with Gasteiger partial charge >= 0.3 is 11.7 Å². The monoisotopic (exact) mass is 446 g/mol. The van der Waals surface area contributed by atoms with Crippen LogP contribution in [0.5, 0.6) is 5.75 Å². The van der Waals surface area contributed by atoms with Crippen LogP contribution in [0.1, 0.15) is 22.6 Å². The fourth-order valence-electron chi connectivity index (χ4n) is 4.27. The van der Waals surface area contributed by atoms with Gasteiger partial charge in [-0.1, -0.05) is 54.6 Å². The van der Waals surface area contributed by atoms with Gasteiger partial charge in [0, 0.05) is 12.5 Å². The number of nitrogens with one attached hydrogen (secondary N) is 1. The summed E-state index contributed by atoms with van der Waals surface area (Å²) in [4.78, 5) is 36.7. The first-order valence-corrected chi connectivity index (χ1v) is 10.3. The Morgan fingerprint density at radius 1 is 1.00 bits per heavy atom. The Morgan fingerprint density at radius 3 is 2.15 bits per heavy atom. The number of nitrogens with zero attached hydrogens (tertiary/aromatic N) is 1. The predicted molar refractivity (Wildman–Crippen MR) is 121 cm³/mol. The quantitative estimate of drug-likeness (QED) is 0.337. The van der Waals surface area contributed by atoms with Gasteiger partial charge in [0.1, 0.15) is 6.04 Å². The van der Waals surface area contributed by atoms with Gasteiger partial charge in [0.15, 0.2) is 5.75 Å². The molecule has 8 heteroatoms. The normalized spacial score (nSPS) is 12.9. The van der Waals surface area contributed by atoms with E-state index < -0.39 is 22.9 Å². The van der Waals surface area contributed by atoms with Crippen molar-refractivity contribution in [1.82, 2.24) is 5.32 Å². The van der Waals surface area contributed by atoms with E-state index >= 15 is 0 Å². The molecule has 1 aliphatic carbocycles. The number of nitro benzene ring substituents is 1. The molecule has 0 radical (unpaired) electrons. The molecular formula is C25H22N2O6. The SMILES string of the molecule is COC(=O)[C@H](Cc1ccc(OC)c([N+](=O)[O-])c1)NC(=O)C1c2ccccc2-c2ccccc21. The summed E-state index contributed by atoms with van der Waals surface area (Å²) in [5, 5.41) is 14.2. The summed E-state index contributed by atoms with van der Waals surface area (Å²) in [7, 11) is 2.58. The lowest BCUT2D eigenvalue weighted by Gasteiger charge is -2.20. The zero-order chi connectivity index (χ0) is 23.5. The maximum absolute atomic E-state index is 13.4. The second-order valence-corrected chi connectivity index (χ2v) is 7.66. The van der Waals surface area contributed by atoms with Gasteiger partial charge in [0.2, 0.25) is 5.91 Å². The molecule has 3 aromatic carbocycles. The number of ether oxygens (including phenoxy) is 2. The van der Waals surface area contributed by atoms with Crippen LogP contribution >= 0.6 is 0 Å². The second kappa shape index (κ2) is 9.12. The molecule has 33 heavy (non-hydrogen) atoms. The van der Waals surface area contributed by atoms with E-state index in [1.807, 2.05) is 48.5 Å². The molecule has 3 aromatic rings. The summed E-state index contributed by atoms with van der Waals surface area (Å²) in [6, 6.07) is 18.7. The number of rotatable bonds is 7. The molecule has 0 bridgehead atoms. The molecule has 0 spiro atoms. The third kappa shape index (κ3) is 4.15.